The number of oxazole rings is 1. The summed E-state index contributed by atoms with van der Waals surface area (Å²) in [6.45, 7) is 1.68. The first kappa shape index (κ1) is 28.9. The van der Waals surface area contributed by atoms with Gasteiger partial charge in [-0.2, -0.15) is 0 Å². The molecule has 5 rings (SSSR count). The molecular formula is C30H29ClN6O5. The van der Waals surface area contributed by atoms with Crippen molar-refractivity contribution in [1.29, 1.82) is 0 Å². The first-order valence-electron chi connectivity index (χ1n) is 13.4. The van der Waals surface area contributed by atoms with Crippen LogP contribution in [-0.2, 0) is 25.5 Å². The van der Waals surface area contributed by atoms with Crippen LogP contribution in [0.1, 0.15) is 17.2 Å². The van der Waals surface area contributed by atoms with Gasteiger partial charge in [0.05, 0.1) is 19.4 Å². The first-order valence-corrected chi connectivity index (χ1v) is 13.9. The Bertz CT molecular complexity index is 1470. The molecule has 1 saturated heterocycles. The second kappa shape index (κ2) is 13.8. The molecule has 0 unspecified atom stereocenters. The zero-order valence-electron chi connectivity index (χ0n) is 22.6. The number of nitrogens with one attached hydrogen (secondary N) is 1. The van der Waals surface area contributed by atoms with Crippen LogP contribution in [0.15, 0.2) is 90.3 Å². The summed E-state index contributed by atoms with van der Waals surface area (Å²) >= 11 is 6.06. The van der Waals surface area contributed by atoms with Crippen LogP contribution in [0.5, 0.6) is 0 Å². The van der Waals surface area contributed by atoms with E-state index in [0.29, 0.717) is 43.3 Å². The molecule has 1 aliphatic rings. The lowest BCUT2D eigenvalue weighted by Gasteiger charge is -2.34. The zero-order valence-corrected chi connectivity index (χ0v) is 23.4. The Labute approximate surface area is 247 Å². The van der Waals surface area contributed by atoms with Crippen LogP contribution in [0, 0.1) is 0 Å². The average molecular weight is 589 g/mol. The quantitative estimate of drug-likeness (QED) is 0.280. The second-order valence-corrected chi connectivity index (χ2v) is 9.84. The second-order valence-electron chi connectivity index (χ2n) is 9.57. The van der Waals surface area contributed by atoms with E-state index in [2.05, 4.69) is 20.3 Å². The summed E-state index contributed by atoms with van der Waals surface area (Å²) < 4.78 is 10.8. The normalized spacial score (nSPS) is 14.5. The number of alkyl halides is 1. The molecule has 0 aliphatic carbocycles. The van der Waals surface area contributed by atoms with E-state index >= 15 is 0 Å². The maximum atomic E-state index is 14.2. The van der Waals surface area contributed by atoms with E-state index in [0.717, 1.165) is 11.1 Å². The van der Waals surface area contributed by atoms with Crippen LogP contribution in [0.3, 0.4) is 0 Å². The minimum absolute atomic E-state index is 0.231. The third-order valence-electron chi connectivity index (χ3n) is 6.87. The van der Waals surface area contributed by atoms with E-state index in [1.54, 1.807) is 35.4 Å². The van der Waals surface area contributed by atoms with Gasteiger partial charge in [-0.05, 0) is 29.8 Å². The molecule has 2 atom stereocenters. The van der Waals surface area contributed by atoms with Crippen molar-refractivity contribution in [2.75, 3.05) is 37.1 Å². The SMILES string of the molecule is O=C(N[C@@H](Cc1ccccc1)C(=O)N1CCOCC1)[C@H](c1cncnc1)N(C(=O)CCl)c1ccc(-c2cnco2)cc1. The lowest BCUT2D eigenvalue weighted by atomic mass is 10.0. The van der Waals surface area contributed by atoms with Crippen LogP contribution in [0.25, 0.3) is 11.3 Å². The van der Waals surface area contributed by atoms with E-state index in [1.807, 2.05) is 30.3 Å². The van der Waals surface area contributed by atoms with Gasteiger partial charge >= 0.3 is 0 Å². The summed E-state index contributed by atoms with van der Waals surface area (Å²) in [5.41, 5.74) is 2.37. The van der Waals surface area contributed by atoms with Gasteiger partial charge in [0.25, 0.3) is 0 Å². The van der Waals surface area contributed by atoms with Crippen molar-refractivity contribution in [3.8, 4) is 11.3 Å². The summed E-state index contributed by atoms with van der Waals surface area (Å²) in [6.07, 6.45) is 7.42. The van der Waals surface area contributed by atoms with Gasteiger partial charge in [0.15, 0.2) is 12.2 Å². The van der Waals surface area contributed by atoms with Crippen LogP contribution in [-0.4, -0.2) is 75.8 Å². The highest BCUT2D eigenvalue weighted by molar-refractivity contribution is 6.29. The molecule has 4 aromatic rings. The predicted octanol–water partition coefficient (Wildman–Crippen LogP) is 3.03. The maximum absolute atomic E-state index is 14.2. The van der Waals surface area contributed by atoms with Crippen molar-refractivity contribution >= 4 is 35.0 Å². The summed E-state index contributed by atoms with van der Waals surface area (Å²) in [4.78, 5) is 56.3. The highest BCUT2D eigenvalue weighted by Gasteiger charge is 2.36. The topological polar surface area (TPSA) is 131 Å². The number of aromatic nitrogens is 3. The Hall–Kier alpha value is -4.61. The Balaban J connectivity index is 1.50. The third kappa shape index (κ3) is 6.81. The number of morpholine rings is 1. The number of carbonyl (C=O) groups is 3. The van der Waals surface area contributed by atoms with E-state index in [4.69, 9.17) is 20.8 Å². The Morgan fingerprint density at radius 2 is 1.67 bits per heavy atom. The summed E-state index contributed by atoms with van der Waals surface area (Å²) in [6, 6.07) is 14.2. The monoisotopic (exact) mass is 588 g/mol. The van der Waals surface area contributed by atoms with Gasteiger partial charge in [-0.15, -0.1) is 11.6 Å². The predicted molar refractivity (Wildman–Crippen MR) is 154 cm³/mol. The molecule has 3 amide bonds. The van der Waals surface area contributed by atoms with E-state index in [-0.39, 0.29) is 18.2 Å². The van der Waals surface area contributed by atoms with Crippen molar-refractivity contribution in [1.82, 2.24) is 25.2 Å². The van der Waals surface area contributed by atoms with E-state index in [9.17, 15) is 14.4 Å². The molecule has 2 aromatic carbocycles. The van der Waals surface area contributed by atoms with Crippen molar-refractivity contribution in [3.05, 3.63) is 97.0 Å². The molecule has 0 bridgehead atoms. The van der Waals surface area contributed by atoms with E-state index in [1.165, 1.54) is 30.0 Å². The van der Waals surface area contributed by atoms with E-state index < -0.39 is 23.9 Å². The van der Waals surface area contributed by atoms with Crippen LogP contribution >= 0.6 is 11.6 Å². The number of amides is 3. The highest BCUT2D eigenvalue weighted by Crippen LogP contribution is 2.30. The number of rotatable bonds is 10. The molecule has 1 aliphatic heterocycles. The van der Waals surface area contributed by atoms with Gasteiger partial charge < -0.3 is 19.4 Å². The molecule has 1 N–H and O–H groups in total. The van der Waals surface area contributed by atoms with Gasteiger partial charge in [-0.25, -0.2) is 15.0 Å². The first-order chi connectivity index (χ1) is 20.5. The van der Waals surface area contributed by atoms with Crippen molar-refractivity contribution in [2.24, 2.45) is 0 Å². The fourth-order valence-corrected chi connectivity index (χ4v) is 4.95. The molecule has 12 heteroatoms. The van der Waals surface area contributed by atoms with Gasteiger partial charge in [-0.1, -0.05) is 30.3 Å². The lowest BCUT2D eigenvalue weighted by molar-refractivity contribution is -0.140. The summed E-state index contributed by atoms with van der Waals surface area (Å²) in [7, 11) is 0. The van der Waals surface area contributed by atoms with Crippen molar-refractivity contribution in [3.63, 3.8) is 0 Å². The molecule has 11 nitrogen and oxygen atoms in total. The zero-order chi connectivity index (χ0) is 29.3. The maximum Gasteiger partial charge on any atom is 0.248 e. The minimum Gasteiger partial charge on any atom is -0.444 e. The number of benzene rings is 2. The molecule has 216 valence electrons. The Kier molecular flexibility index (Phi) is 9.52. The highest BCUT2D eigenvalue weighted by atomic mass is 35.5. The largest absolute Gasteiger partial charge is 0.444 e. The van der Waals surface area contributed by atoms with Gasteiger partial charge in [0.1, 0.15) is 24.3 Å². The number of anilines is 1. The van der Waals surface area contributed by atoms with Crippen LogP contribution < -0.4 is 10.2 Å². The number of nitrogens with zero attached hydrogens (tertiary/aromatic N) is 5. The molecule has 0 saturated carbocycles. The van der Waals surface area contributed by atoms with Gasteiger partial charge in [0.2, 0.25) is 17.7 Å². The van der Waals surface area contributed by atoms with Crippen molar-refractivity contribution in [2.45, 2.75) is 18.5 Å². The number of carbonyl (C=O) groups excluding carboxylic acids is 3. The molecular weight excluding hydrogens is 560 g/mol. The Morgan fingerprint density at radius 1 is 0.952 bits per heavy atom. The minimum atomic E-state index is -1.22. The lowest BCUT2D eigenvalue weighted by Crippen LogP contribution is -2.55. The fraction of sp³-hybridized carbons (Fsp3) is 0.267. The van der Waals surface area contributed by atoms with Gasteiger partial charge in [-0.3, -0.25) is 19.3 Å². The molecule has 3 heterocycles. The molecule has 1 fully saturated rings. The molecule has 0 spiro atoms. The number of halogens is 1. The number of hydrogen-bond acceptors (Lipinski definition) is 8. The molecule has 2 aromatic heterocycles. The summed E-state index contributed by atoms with van der Waals surface area (Å²) in [5, 5.41) is 2.94. The summed E-state index contributed by atoms with van der Waals surface area (Å²) in [5.74, 6) is -1.17. The molecule has 0 radical (unpaired) electrons. The van der Waals surface area contributed by atoms with Crippen LogP contribution in [0.4, 0.5) is 5.69 Å². The van der Waals surface area contributed by atoms with Crippen LogP contribution in [0.2, 0.25) is 0 Å². The Morgan fingerprint density at radius 3 is 2.31 bits per heavy atom. The number of hydrogen-bond donors (Lipinski definition) is 1. The standard InChI is InChI=1S/C30H29ClN6O5/c31-15-27(38)37(24-8-6-22(7-9-24)26-18-34-20-42-26)28(23-16-32-19-33-17-23)29(39)35-25(14-21-4-2-1-3-5-21)30(40)36-10-12-41-13-11-36/h1-9,16-20,25,28H,10-15H2,(H,35,39)/t25-,28-/m0/s1. The number of ether oxygens (including phenoxy) is 1. The van der Waals surface area contributed by atoms with Crippen molar-refractivity contribution < 1.29 is 23.5 Å². The smallest absolute Gasteiger partial charge is 0.248 e. The molecule has 42 heavy (non-hydrogen) atoms. The fourth-order valence-electron chi connectivity index (χ4n) is 4.82. The average Bonchev–Trinajstić information content (AvgIpc) is 3.59. The van der Waals surface area contributed by atoms with Gasteiger partial charge in [0, 0.05) is 48.7 Å². The third-order valence-corrected chi connectivity index (χ3v) is 7.10.